The Morgan fingerprint density at radius 3 is 2.51 bits per heavy atom. The van der Waals surface area contributed by atoms with E-state index in [-0.39, 0.29) is 29.1 Å². The number of fused-ring (bicyclic) bond motifs is 3. The van der Waals surface area contributed by atoms with Crippen molar-refractivity contribution in [2.24, 2.45) is 17.8 Å². The van der Waals surface area contributed by atoms with Gasteiger partial charge in [-0.3, -0.25) is 28.9 Å². The topological polar surface area (TPSA) is 168 Å². The van der Waals surface area contributed by atoms with Crippen LogP contribution in [0.25, 0.3) is 22.3 Å². The van der Waals surface area contributed by atoms with Gasteiger partial charge in [0.05, 0.1) is 29.3 Å². The van der Waals surface area contributed by atoms with Crippen LogP contribution in [0.5, 0.6) is 5.75 Å². The van der Waals surface area contributed by atoms with Gasteiger partial charge in [0.15, 0.2) is 5.43 Å². The number of nitrogens with zero attached hydrogens (tertiary/aromatic N) is 2. The van der Waals surface area contributed by atoms with E-state index in [1.54, 1.807) is 31.2 Å². The number of aromatic amines is 1. The Bertz CT molecular complexity index is 2040. The number of rotatable bonds is 5. The number of amides is 3. The number of H-pyrrole nitrogens is 1. The highest BCUT2D eigenvalue weighted by Crippen LogP contribution is 2.46. The number of aromatic nitrogens is 2. The number of sulfonamides is 1. The van der Waals surface area contributed by atoms with E-state index >= 15 is 0 Å². The SMILES string of the molecule is CN1CCCC/C=C\C2CC2(C(=O)NS(=O)(=O)C2CC2)NC(=O)[C@@H]2CCCC2C1=O.COc1ccc2c(=O)cc(-c3cccc(C)n3)[nH]c2c1C. The summed E-state index contributed by atoms with van der Waals surface area (Å²) in [5, 5.41) is 3.02. The van der Waals surface area contributed by atoms with Gasteiger partial charge in [-0.05, 0) is 89.5 Å². The minimum atomic E-state index is -3.69. The third-order valence-electron chi connectivity index (χ3n) is 10.6. The minimum absolute atomic E-state index is 0.0117. The highest BCUT2D eigenvalue weighted by molar-refractivity contribution is 7.91. The first-order chi connectivity index (χ1) is 24.3. The quantitative estimate of drug-likeness (QED) is 0.329. The van der Waals surface area contributed by atoms with Crippen molar-refractivity contribution < 1.29 is 27.5 Å². The molecule has 13 heteroatoms. The van der Waals surface area contributed by atoms with E-state index in [9.17, 15) is 27.6 Å². The second kappa shape index (κ2) is 14.6. The van der Waals surface area contributed by atoms with Crippen molar-refractivity contribution in [1.82, 2.24) is 24.9 Å². The molecule has 3 unspecified atom stereocenters. The van der Waals surface area contributed by atoms with Gasteiger partial charge in [0.1, 0.15) is 11.3 Å². The molecule has 4 aliphatic rings. The Labute approximate surface area is 298 Å². The van der Waals surface area contributed by atoms with Crippen LogP contribution in [0.4, 0.5) is 0 Å². The molecule has 0 radical (unpaired) electrons. The molecule has 0 saturated heterocycles. The van der Waals surface area contributed by atoms with E-state index < -0.39 is 32.6 Å². The van der Waals surface area contributed by atoms with Gasteiger partial charge >= 0.3 is 0 Å². The van der Waals surface area contributed by atoms with E-state index in [1.807, 2.05) is 50.3 Å². The first kappa shape index (κ1) is 36.3. The minimum Gasteiger partial charge on any atom is -0.496 e. The van der Waals surface area contributed by atoms with Gasteiger partial charge in [0, 0.05) is 54.1 Å². The lowest BCUT2D eigenvalue weighted by molar-refractivity contribution is -0.140. The number of carbonyl (C=O) groups is 3. The third kappa shape index (κ3) is 7.73. The summed E-state index contributed by atoms with van der Waals surface area (Å²) in [7, 11) is -0.288. The number of methoxy groups -OCH3 is 1. The van der Waals surface area contributed by atoms with E-state index in [4.69, 9.17) is 4.74 Å². The first-order valence-electron chi connectivity index (χ1n) is 17.8. The fourth-order valence-corrected chi connectivity index (χ4v) is 8.67. The largest absolute Gasteiger partial charge is 0.496 e. The molecule has 1 aliphatic heterocycles. The summed E-state index contributed by atoms with van der Waals surface area (Å²) in [6.45, 7) is 4.54. The van der Waals surface area contributed by atoms with Crippen molar-refractivity contribution in [2.75, 3.05) is 20.7 Å². The van der Waals surface area contributed by atoms with Crippen molar-refractivity contribution in [1.29, 1.82) is 0 Å². The third-order valence-corrected chi connectivity index (χ3v) is 12.4. The van der Waals surface area contributed by atoms with Crippen molar-refractivity contribution >= 4 is 38.6 Å². The maximum absolute atomic E-state index is 13.1. The molecule has 7 rings (SSSR count). The van der Waals surface area contributed by atoms with Crippen LogP contribution in [0, 0.1) is 31.6 Å². The van der Waals surface area contributed by atoms with Gasteiger partial charge in [-0.25, -0.2) is 8.42 Å². The molecule has 0 spiro atoms. The Kier molecular flexibility index (Phi) is 10.4. The average Bonchev–Trinajstić information content (AvgIpc) is 4.02. The number of hydrogen-bond donors (Lipinski definition) is 3. The summed E-state index contributed by atoms with van der Waals surface area (Å²) < 4.78 is 32.1. The Morgan fingerprint density at radius 2 is 1.78 bits per heavy atom. The first-order valence-corrected chi connectivity index (χ1v) is 19.3. The summed E-state index contributed by atoms with van der Waals surface area (Å²) in [5.41, 5.74) is 2.84. The van der Waals surface area contributed by atoms with E-state index in [2.05, 4.69) is 20.0 Å². The smallest absolute Gasteiger partial charge is 0.259 e. The molecule has 3 N–H and O–H groups in total. The summed E-state index contributed by atoms with van der Waals surface area (Å²) >= 11 is 0. The van der Waals surface area contributed by atoms with Crippen LogP contribution >= 0.6 is 0 Å². The molecule has 3 amide bonds. The van der Waals surface area contributed by atoms with Gasteiger partial charge in [-0.15, -0.1) is 0 Å². The predicted octanol–water partition coefficient (Wildman–Crippen LogP) is 4.30. The van der Waals surface area contributed by atoms with Crippen LogP contribution in [0.3, 0.4) is 0 Å². The van der Waals surface area contributed by atoms with Crippen molar-refractivity contribution in [3.8, 4) is 17.1 Å². The Balaban J connectivity index is 0.000000187. The van der Waals surface area contributed by atoms with Crippen LogP contribution in [-0.4, -0.2) is 72.5 Å². The molecule has 3 aromatic rings. The highest BCUT2D eigenvalue weighted by atomic mass is 32.2. The summed E-state index contributed by atoms with van der Waals surface area (Å²) in [6, 6.07) is 10.9. The predicted molar refractivity (Wildman–Crippen MR) is 194 cm³/mol. The summed E-state index contributed by atoms with van der Waals surface area (Å²) in [5.74, 6) is -1.29. The maximum Gasteiger partial charge on any atom is 0.259 e. The number of nitrogens with one attached hydrogen (secondary N) is 3. The maximum atomic E-state index is 13.1. The second-order valence-corrected chi connectivity index (χ2v) is 16.3. The van der Waals surface area contributed by atoms with E-state index in [0.717, 1.165) is 53.9 Å². The van der Waals surface area contributed by atoms with Crippen LogP contribution in [-0.2, 0) is 24.4 Å². The zero-order valence-corrected chi connectivity index (χ0v) is 30.5. The normalized spacial score (nSPS) is 25.7. The van der Waals surface area contributed by atoms with E-state index in [1.165, 1.54) is 0 Å². The van der Waals surface area contributed by atoms with E-state index in [0.29, 0.717) is 49.7 Å². The lowest BCUT2D eigenvalue weighted by atomic mass is 9.93. The fraction of sp³-hybridized carbons (Fsp3) is 0.500. The number of benzene rings is 1. The van der Waals surface area contributed by atoms with Gasteiger partial charge in [-0.1, -0.05) is 24.6 Å². The van der Waals surface area contributed by atoms with Crippen LogP contribution in [0.2, 0.25) is 0 Å². The molecular formula is C38H47N5O7S. The Morgan fingerprint density at radius 1 is 1.02 bits per heavy atom. The van der Waals surface area contributed by atoms with Crippen LogP contribution in [0.1, 0.15) is 69.0 Å². The number of allylic oxidation sites excluding steroid dienone is 1. The Hall–Kier alpha value is -4.52. The molecular weight excluding hydrogens is 671 g/mol. The van der Waals surface area contributed by atoms with Crippen LogP contribution < -0.4 is 20.2 Å². The number of pyridine rings is 2. The average molecular weight is 718 g/mol. The van der Waals surface area contributed by atoms with Crippen molar-refractivity contribution in [3.05, 3.63) is 70.0 Å². The summed E-state index contributed by atoms with van der Waals surface area (Å²) in [6.07, 6.45) is 10.1. The number of ether oxygens (including phenoxy) is 1. The number of aryl methyl sites for hydroxylation is 2. The molecule has 4 atom stereocenters. The molecule has 1 aromatic carbocycles. The molecule has 2 aromatic heterocycles. The molecule has 3 aliphatic carbocycles. The molecule has 12 nitrogen and oxygen atoms in total. The van der Waals surface area contributed by atoms with Gasteiger partial charge in [0.25, 0.3) is 5.91 Å². The number of hydrogen-bond acceptors (Lipinski definition) is 8. The zero-order valence-electron chi connectivity index (χ0n) is 29.7. The zero-order chi connectivity index (χ0) is 36.5. The molecule has 3 fully saturated rings. The lowest BCUT2D eigenvalue weighted by Crippen LogP contribution is -2.54. The van der Waals surface area contributed by atoms with Crippen LogP contribution in [0.15, 0.2) is 53.3 Å². The highest BCUT2D eigenvalue weighted by Gasteiger charge is 2.62. The molecule has 51 heavy (non-hydrogen) atoms. The van der Waals surface area contributed by atoms with Gasteiger partial charge in [-0.2, -0.15) is 0 Å². The standard InChI is InChI=1S/C21H31N3O5S.C17H16N2O2/c1-24-12-5-3-2-4-7-14-13-21(14,20(27)23-30(28,29)15-10-11-15)22-18(25)16-8-6-9-17(16)19(24)26;1-10-5-4-6-13(18-10)14-9-15(20)12-7-8-16(21-3)11(2)17(12)19-14/h4,7,14-17H,2-3,5-6,8-13H2,1H3,(H,22,25)(H,23,27);4-9H,1-3H3,(H,19,20)/b7-4-;/t14?,16-,17?,21?;/m1./s1. The van der Waals surface area contributed by atoms with Crippen molar-refractivity contribution in [2.45, 2.75) is 82.4 Å². The number of carbonyl (C=O) groups excluding carboxylic acids is 3. The molecule has 3 heterocycles. The lowest BCUT2D eigenvalue weighted by Gasteiger charge is -2.27. The second-order valence-electron chi connectivity index (χ2n) is 14.3. The molecule has 272 valence electrons. The van der Waals surface area contributed by atoms with Crippen molar-refractivity contribution in [3.63, 3.8) is 0 Å². The summed E-state index contributed by atoms with van der Waals surface area (Å²) in [4.78, 5) is 60.8. The van der Waals surface area contributed by atoms with Gasteiger partial charge in [0.2, 0.25) is 21.8 Å². The molecule has 0 bridgehead atoms. The monoisotopic (exact) mass is 717 g/mol. The fourth-order valence-electron chi connectivity index (χ4n) is 7.30. The molecule has 3 saturated carbocycles. The van der Waals surface area contributed by atoms with Gasteiger partial charge < -0.3 is 19.9 Å².